The van der Waals surface area contributed by atoms with Crippen LogP contribution >= 0.6 is 11.6 Å². The molecule has 0 aliphatic rings. The molecule has 0 bridgehead atoms. The van der Waals surface area contributed by atoms with Gasteiger partial charge in [-0.3, -0.25) is 4.79 Å². The van der Waals surface area contributed by atoms with Crippen LogP contribution in [0.3, 0.4) is 0 Å². The van der Waals surface area contributed by atoms with Gasteiger partial charge in [-0.1, -0.05) is 23.7 Å². The number of nitrogen functional groups attached to an aromatic ring is 1. The van der Waals surface area contributed by atoms with E-state index >= 15 is 0 Å². The Labute approximate surface area is 121 Å². The number of hydrogen-bond acceptors (Lipinski definition) is 5. The summed E-state index contributed by atoms with van der Waals surface area (Å²) >= 11 is 5.91. The van der Waals surface area contributed by atoms with Crippen LogP contribution in [0.4, 0.5) is 5.82 Å². The number of carbonyl (C=O) groups is 1. The first kappa shape index (κ1) is 14.2. The molecule has 0 aliphatic heterocycles. The molecule has 1 aromatic heterocycles. The summed E-state index contributed by atoms with van der Waals surface area (Å²) in [5.74, 6) is 5.37. The Morgan fingerprint density at radius 1 is 1.40 bits per heavy atom. The van der Waals surface area contributed by atoms with Gasteiger partial charge in [0.1, 0.15) is 5.69 Å². The van der Waals surface area contributed by atoms with Crippen molar-refractivity contribution in [2.45, 2.75) is 6.54 Å². The highest BCUT2D eigenvalue weighted by Gasteiger charge is 2.14. The van der Waals surface area contributed by atoms with Gasteiger partial charge in [0, 0.05) is 18.6 Å². The van der Waals surface area contributed by atoms with Crippen LogP contribution in [0.25, 0.3) is 0 Å². The number of rotatable bonds is 4. The first-order valence-electron chi connectivity index (χ1n) is 5.88. The van der Waals surface area contributed by atoms with E-state index in [-0.39, 0.29) is 11.6 Å². The predicted molar refractivity (Wildman–Crippen MR) is 77.1 cm³/mol. The van der Waals surface area contributed by atoms with Gasteiger partial charge >= 0.3 is 0 Å². The Bertz CT molecular complexity index is 602. The van der Waals surface area contributed by atoms with E-state index in [1.807, 2.05) is 18.2 Å². The molecule has 0 radical (unpaired) electrons. The van der Waals surface area contributed by atoms with E-state index in [9.17, 15) is 4.79 Å². The maximum atomic E-state index is 12.2. The van der Waals surface area contributed by atoms with Crippen molar-refractivity contribution in [3.63, 3.8) is 0 Å². The lowest BCUT2D eigenvalue weighted by Crippen LogP contribution is -2.27. The third-order valence-corrected chi connectivity index (χ3v) is 2.91. The van der Waals surface area contributed by atoms with E-state index < -0.39 is 0 Å². The second-order valence-corrected chi connectivity index (χ2v) is 4.66. The number of halogens is 1. The molecule has 0 saturated heterocycles. The fourth-order valence-electron chi connectivity index (χ4n) is 1.69. The molecule has 1 aromatic carbocycles. The van der Waals surface area contributed by atoms with E-state index in [1.165, 1.54) is 12.4 Å². The lowest BCUT2D eigenvalue weighted by atomic mass is 10.2. The van der Waals surface area contributed by atoms with Crippen LogP contribution in [0.1, 0.15) is 16.1 Å². The van der Waals surface area contributed by atoms with Crippen LogP contribution in [0.5, 0.6) is 0 Å². The van der Waals surface area contributed by atoms with E-state index in [1.54, 1.807) is 18.0 Å². The zero-order chi connectivity index (χ0) is 14.5. The zero-order valence-electron chi connectivity index (χ0n) is 10.9. The van der Waals surface area contributed by atoms with Gasteiger partial charge in [0.15, 0.2) is 5.82 Å². The summed E-state index contributed by atoms with van der Waals surface area (Å²) in [5, 5.41) is 0.640. The first-order valence-corrected chi connectivity index (χ1v) is 6.26. The number of aromatic nitrogens is 2. The number of amides is 1. The summed E-state index contributed by atoms with van der Waals surface area (Å²) in [6, 6.07) is 7.36. The molecule has 2 rings (SSSR count). The molecule has 0 saturated carbocycles. The summed E-state index contributed by atoms with van der Waals surface area (Å²) in [7, 11) is 1.69. The second kappa shape index (κ2) is 6.31. The van der Waals surface area contributed by atoms with Crippen LogP contribution < -0.4 is 11.3 Å². The zero-order valence-corrected chi connectivity index (χ0v) is 11.6. The molecule has 2 aromatic rings. The van der Waals surface area contributed by atoms with Crippen molar-refractivity contribution in [1.82, 2.24) is 14.9 Å². The average molecular weight is 292 g/mol. The van der Waals surface area contributed by atoms with Crippen molar-refractivity contribution in [3.8, 4) is 0 Å². The molecular formula is C13H14ClN5O. The second-order valence-electron chi connectivity index (χ2n) is 4.22. The van der Waals surface area contributed by atoms with Gasteiger partial charge in [-0.25, -0.2) is 15.8 Å². The summed E-state index contributed by atoms with van der Waals surface area (Å²) in [5.41, 5.74) is 3.56. The van der Waals surface area contributed by atoms with Gasteiger partial charge in [-0.15, -0.1) is 0 Å². The van der Waals surface area contributed by atoms with E-state index in [0.717, 1.165) is 5.56 Å². The van der Waals surface area contributed by atoms with E-state index in [4.69, 9.17) is 17.4 Å². The molecule has 20 heavy (non-hydrogen) atoms. The van der Waals surface area contributed by atoms with Gasteiger partial charge < -0.3 is 10.3 Å². The fourth-order valence-corrected chi connectivity index (χ4v) is 1.90. The largest absolute Gasteiger partial charge is 0.336 e. The van der Waals surface area contributed by atoms with Crippen LogP contribution in [0.2, 0.25) is 5.02 Å². The molecule has 6 nitrogen and oxygen atoms in total. The third-order valence-electron chi connectivity index (χ3n) is 2.67. The first-order chi connectivity index (χ1) is 9.60. The monoisotopic (exact) mass is 291 g/mol. The minimum atomic E-state index is -0.221. The Morgan fingerprint density at radius 2 is 2.20 bits per heavy atom. The van der Waals surface area contributed by atoms with Gasteiger partial charge in [0.25, 0.3) is 5.91 Å². The molecule has 0 atom stereocenters. The van der Waals surface area contributed by atoms with Crippen molar-refractivity contribution in [3.05, 3.63) is 52.9 Å². The normalized spacial score (nSPS) is 10.2. The highest BCUT2D eigenvalue weighted by Crippen LogP contribution is 2.13. The number of nitrogens with zero attached hydrogens (tertiary/aromatic N) is 3. The Morgan fingerprint density at radius 3 is 2.80 bits per heavy atom. The molecule has 1 heterocycles. The Hall–Kier alpha value is -2.18. The molecule has 0 spiro atoms. The quantitative estimate of drug-likeness (QED) is 0.661. The summed E-state index contributed by atoms with van der Waals surface area (Å²) in [6.07, 6.45) is 2.78. The van der Waals surface area contributed by atoms with Crippen LogP contribution in [0, 0.1) is 0 Å². The van der Waals surface area contributed by atoms with E-state index in [2.05, 4.69) is 15.4 Å². The number of hydrazine groups is 1. The minimum Gasteiger partial charge on any atom is -0.336 e. The highest BCUT2D eigenvalue weighted by atomic mass is 35.5. The molecule has 0 fully saturated rings. The summed E-state index contributed by atoms with van der Waals surface area (Å²) < 4.78 is 0. The van der Waals surface area contributed by atoms with E-state index in [0.29, 0.717) is 17.4 Å². The fraction of sp³-hybridized carbons (Fsp3) is 0.154. The molecule has 3 N–H and O–H groups in total. The molecule has 7 heteroatoms. The van der Waals surface area contributed by atoms with Crippen LogP contribution in [-0.4, -0.2) is 27.8 Å². The maximum absolute atomic E-state index is 12.2. The van der Waals surface area contributed by atoms with Crippen molar-refractivity contribution >= 4 is 23.3 Å². The number of nitrogens with one attached hydrogen (secondary N) is 1. The lowest BCUT2D eigenvalue weighted by Gasteiger charge is -2.16. The SMILES string of the molecule is CN(Cc1cccc(Cl)c1)C(=O)c1cnc(NN)cn1. The summed E-state index contributed by atoms with van der Waals surface area (Å²) in [4.78, 5) is 21.7. The Kier molecular flexibility index (Phi) is 4.49. The summed E-state index contributed by atoms with van der Waals surface area (Å²) in [6.45, 7) is 0.442. The molecule has 0 aliphatic carbocycles. The number of anilines is 1. The third kappa shape index (κ3) is 3.43. The van der Waals surface area contributed by atoms with Gasteiger partial charge in [-0.2, -0.15) is 0 Å². The minimum absolute atomic E-state index is 0.221. The predicted octanol–water partition coefficient (Wildman–Crippen LogP) is 1.69. The van der Waals surface area contributed by atoms with Gasteiger partial charge in [0.05, 0.1) is 12.4 Å². The van der Waals surface area contributed by atoms with Crippen molar-refractivity contribution < 1.29 is 4.79 Å². The maximum Gasteiger partial charge on any atom is 0.274 e. The van der Waals surface area contributed by atoms with Gasteiger partial charge in [-0.05, 0) is 17.7 Å². The van der Waals surface area contributed by atoms with Crippen LogP contribution in [0.15, 0.2) is 36.7 Å². The molecular weight excluding hydrogens is 278 g/mol. The topological polar surface area (TPSA) is 84.1 Å². The Balaban J connectivity index is 2.07. The number of benzene rings is 1. The van der Waals surface area contributed by atoms with Crippen molar-refractivity contribution in [2.75, 3.05) is 12.5 Å². The average Bonchev–Trinajstić information content (AvgIpc) is 2.46. The van der Waals surface area contributed by atoms with Gasteiger partial charge in [0.2, 0.25) is 0 Å². The van der Waals surface area contributed by atoms with Crippen molar-refractivity contribution in [1.29, 1.82) is 0 Å². The smallest absolute Gasteiger partial charge is 0.274 e. The van der Waals surface area contributed by atoms with Crippen LogP contribution in [-0.2, 0) is 6.54 Å². The highest BCUT2D eigenvalue weighted by molar-refractivity contribution is 6.30. The molecule has 1 amide bonds. The van der Waals surface area contributed by atoms with Crippen molar-refractivity contribution in [2.24, 2.45) is 5.84 Å². The number of carbonyl (C=O) groups excluding carboxylic acids is 1. The standard InChI is InChI=1S/C13H14ClN5O/c1-19(8-9-3-2-4-10(14)5-9)13(20)11-6-17-12(18-15)7-16-11/h2-7H,8,15H2,1H3,(H,17,18). The lowest BCUT2D eigenvalue weighted by molar-refractivity contribution is 0.0779. The number of nitrogens with two attached hydrogens (primary N) is 1. The molecule has 0 unspecified atom stereocenters. The number of hydrogen-bond donors (Lipinski definition) is 2. The molecule has 104 valence electrons.